The maximum atomic E-state index is 5.52. The Morgan fingerprint density at radius 2 is 2.30 bits per heavy atom. The van der Waals surface area contributed by atoms with Gasteiger partial charge in [0.25, 0.3) is 0 Å². The highest BCUT2D eigenvalue weighted by atomic mass is 32.1. The monoisotopic (exact) mass is 148 g/mol. The van der Waals surface area contributed by atoms with Crippen molar-refractivity contribution in [3.8, 4) is 11.1 Å². The second-order valence-corrected chi connectivity index (χ2v) is 3.48. The number of thiazole rings is 1. The summed E-state index contributed by atoms with van der Waals surface area (Å²) in [5.41, 5.74) is 9.25. The number of hydrogen-bond acceptors (Lipinski definition) is 3. The Morgan fingerprint density at radius 1 is 1.40 bits per heavy atom. The molecule has 0 bridgehead atoms. The minimum absolute atomic E-state index is 0.674. The van der Waals surface area contributed by atoms with Gasteiger partial charge in [0.05, 0.1) is 10.2 Å². The van der Waals surface area contributed by atoms with Gasteiger partial charge in [-0.3, -0.25) is 0 Å². The van der Waals surface area contributed by atoms with Crippen LogP contribution in [0.5, 0.6) is 0 Å². The van der Waals surface area contributed by atoms with Crippen LogP contribution in [0.15, 0.2) is 12.1 Å². The van der Waals surface area contributed by atoms with Crippen molar-refractivity contribution >= 4 is 26.7 Å². The summed E-state index contributed by atoms with van der Waals surface area (Å²) in [5, 5.41) is 0.674. The Bertz CT molecular complexity index is 430. The number of fused-ring (bicyclic) bond motifs is 3. The molecule has 1 aromatic rings. The van der Waals surface area contributed by atoms with Gasteiger partial charge in [-0.25, -0.2) is 4.98 Å². The molecule has 0 fully saturated rings. The van der Waals surface area contributed by atoms with Crippen molar-refractivity contribution in [1.82, 2.24) is 4.98 Å². The fraction of sp³-hybridized carbons (Fsp3) is 0. The molecule has 10 heavy (non-hydrogen) atoms. The van der Waals surface area contributed by atoms with Gasteiger partial charge < -0.3 is 5.73 Å². The zero-order valence-corrected chi connectivity index (χ0v) is 5.90. The van der Waals surface area contributed by atoms with Crippen LogP contribution in [-0.4, -0.2) is 4.98 Å². The van der Waals surface area contributed by atoms with Gasteiger partial charge >= 0.3 is 0 Å². The second kappa shape index (κ2) is 1.18. The van der Waals surface area contributed by atoms with E-state index in [4.69, 9.17) is 5.73 Å². The highest BCUT2D eigenvalue weighted by molar-refractivity contribution is 7.22. The molecule has 3 heteroatoms. The molecule has 0 radical (unpaired) electrons. The minimum Gasteiger partial charge on any atom is -0.375 e. The number of nitrogen functional groups attached to an aromatic ring is 1. The largest absolute Gasteiger partial charge is 0.375 e. The Kier molecular flexibility index (Phi) is 0.551. The van der Waals surface area contributed by atoms with Crippen LogP contribution in [0.4, 0.5) is 5.13 Å². The van der Waals surface area contributed by atoms with Crippen molar-refractivity contribution in [2.75, 3.05) is 5.73 Å². The summed E-state index contributed by atoms with van der Waals surface area (Å²) in [6, 6.07) is 4.26. The molecule has 3 rings (SSSR count). The van der Waals surface area contributed by atoms with Gasteiger partial charge in [0.1, 0.15) is 0 Å². The van der Waals surface area contributed by atoms with E-state index < -0.39 is 0 Å². The average molecular weight is 148 g/mol. The van der Waals surface area contributed by atoms with Crippen LogP contribution in [0, 0.1) is 0 Å². The normalized spacial score (nSPS) is 12.4. The van der Waals surface area contributed by atoms with E-state index in [1.165, 1.54) is 15.8 Å². The first-order chi connectivity index (χ1) is 4.84. The zero-order chi connectivity index (χ0) is 6.72. The van der Waals surface area contributed by atoms with Crippen LogP contribution in [0.3, 0.4) is 0 Å². The fourth-order valence-corrected chi connectivity index (χ4v) is 2.03. The van der Waals surface area contributed by atoms with Crippen molar-refractivity contribution in [1.29, 1.82) is 0 Å². The first-order valence-electron chi connectivity index (χ1n) is 3.05. The standard InChI is InChI=1S/C7H4N2S/c8-7-9-6-4-1-3(4)2-5(6)10-7/h1-2H,(H2,8,9). The molecule has 0 unspecified atom stereocenters. The zero-order valence-electron chi connectivity index (χ0n) is 5.09. The van der Waals surface area contributed by atoms with E-state index in [-0.39, 0.29) is 0 Å². The number of anilines is 1. The molecule has 0 atom stereocenters. The molecular formula is C7H4N2S. The molecule has 0 aliphatic heterocycles. The van der Waals surface area contributed by atoms with Crippen LogP contribution in [0.1, 0.15) is 0 Å². The van der Waals surface area contributed by atoms with E-state index in [9.17, 15) is 0 Å². The predicted octanol–water partition coefficient (Wildman–Crippen LogP) is 1.86. The minimum atomic E-state index is 0.674. The topological polar surface area (TPSA) is 38.9 Å². The van der Waals surface area contributed by atoms with E-state index in [1.807, 2.05) is 0 Å². The van der Waals surface area contributed by atoms with Crippen LogP contribution >= 0.6 is 11.3 Å². The third-order valence-electron chi connectivity index (χ3n) is 1.74. The third-order valence-corrected chi connectivity index (χ3v) is 2.57. The van der Waals surface area contributed by atoms with E-state index in [1.54, 1.807) is 11.3 Å². The Labute approximate surface area is 61.3 Å². The Hall–Kier alpha value is -1.09. The number of benzene rings is 1. The van der Waals surface area contributed by atoms with Crippen LogP contribution in [0.2, 0.25) is 0 Å². The van der Waals surface area contributed by atoms with Crippen molar-refractivity contribution in [2.24, 2.45) is 0 Å². The van der Waals surface area contributed by atoms with Gasteiger partial charge in [-0.2, -0.15) is 0 Å². The number of nitrogens with zero attached hydrogens (tertiary/aromatic N) is 1. The lowest BCUT2D eigenvalue weighted by atomic mass is 10.5. The molecule has 2 nitrogen and oxygen atoms in total. The van der Waals surface area contributed by atoms with Crippen LogP contribution < -0.4 is 5.73 Å². The van der Waals surface area contributed by atoms with Gasteiger partial charge in [-0.05, 0) is 17.7 Å². The first kappa shape index (κ1) is 4.68. The summed E-state index contributed by atoms with van der Waals surface area (Å²) in [4.78, 5) is 4.19. The number of hydrogen-bond donors (Lipinski definition) is 1. The molecule has 48 valence electrons. The summed E-state index contributed by atoms with van der Waals surface area (Å²) in [6.45, 7) is 0. The molecule has 2 aliphatic rings. The average Bonchev–Trinajstić information content (AvgIpc) is 2.40. The molecule has 2 N–H and O–H groups in total. The molecular weight excluding hydrogens is 144 g/mol. The molecule has 1 aromatic heterocycles. The highest BCUT2D eigenvalue weighted by Gasteiger charge is 2.20. The molecule has 1 heterocycles. The number of nitrogens with two attached hydrogens (primary N) is 1. The van der Waals surface area contributed by atoms with Crippen molar-refractivity contribution < 1.29 is 0 Å². The maximum Gasteiger partial charge on any atom is 0.181 e. The van der Waals surface area contributed by atoms with Crippen molar-refractivity contribution in [2.45, 2.75) is 0 Å². The van der Waals surface area contributed by atoms with Gasteiger partial charge in [0, 0.05) is 5.56 Å². The molecule has 2 aliphatic carbocycles. The number of rotatable bonds is 0. The van der Waals surface area contributed by atoms with Gasteiger partial charge in [-0.1, -0.05) is 11.3 Å². The van der Waals surface area contributed by atoms with Gasteiger partial charge in [-0.15, -0.1) is 0 Å². The van der Waals surface area contributed by atoms with E-state index >= 15 is 0 Å². The summed E-state index contributed by atoms with van der Waals surface area (Å²) >= 11 is 1.56. The SMILES string of the molecule is Nc1nc2c3cc-3cc2s1. The second-order valence-electron chi connectivity index (χ2n) is 2.42. The van der Waals surface area contributed by atoms with Crippen LogP contribution in [0.25, 0.3) is 21.3 Å². The van der Waals surface area contributed by atoms with Crippen molar-refractivity contribution in [3.05, 3.63) is 12.1 Å². The molecule has 0 saturated heterocycles. The van der Waals surface area contributed by atoms with Crippen LogP contribution in [-0.2, 0) is 0 Å². The van der Waals surface area contributed by atoms with E-state index in [0.717, 1.165) is 5.52 Å². The molecule has 0 spiro atoms. The summed E-state index contributed by atoms with van der Waals surface area (Å²) in [5.74, 6) is 0. The van der Waals surface area contributed by atoms with E-state index in [2.05, 4.69) is 17.1 Å². The lowest BCUT2D eigenvalue weighted by Gasteiger charge is -1.72. The summed E-state index contributed by atoms with van der Waals surface area (Å²) < 4.78 is 1.23. The third kappa shape index (κ3) is 0.389. The molecule has 0 saturated carbocycles. The van der Waals surface area contributed by atoms with Gasteiger partial charge in [0.2, 0.25) is 0 Å². The van der Waals surface area contributed by atoms with E-state index in [0.29, 0.717) is 5.13 Å². The quantitative estimate of drug-likeness (QED) is 0.528. The summed E-state index contributed by atoms with van der Waals surface area (Å²) in [7, 11) is 0. The lowest BCUT2D eigenvalue weighted by Crippen LogP contribution is -1.78. The molecule has 0 aromatic carbocycles. The maximum absolute atomic E-state index is 5.52. The smallest absolute Gasteiger partial charge is 0.181 e. The Morgan fingerprint density at radius 3 is 3.10 bits per heavy atom. The Balaban J connectivity index is 2.60. The van der Waals surface area contributed by atoms with Crippen molar-refractivity contribution in [3.63, 3.8) is 0 Å². The number of aromatic nitrogens is 1. The summed E-state index contributed by atoms with van der Waals surface area (Å²) in [6.07, 6.45) is 0. The molecule has 0 amide bonds. The fourth-order valence-electron chi connectivity index (χ4n) is 1.23. The van der Waals surface area contributed by atoms with Gasteiger partial charge in [0.15, 0.2) is 5.13 Å². The first-order valence-corrected chi connectivity index (χ1v) is 3.87. The predicted molar refractivity (Wildman–Crippen MR) is 43.0 cm³/mol. The highest BCUT2D eigenvalue weighted by Crippen LogP contribution is 2.45. The lowest BCUT2D eigenvalue weighted by molar-refractivity contribution is 1.51.